The van der Waals surface area contributed by atoms with Crippen LogP contribution in [0.4, 0.5) is 19.0 Å². The van der Waals surface area contributed by atoms with E-state index in [-0.39, 0.29) is 0 Å². The minimum Gasteiger partial charge on any atom is -0.370 e. The Morgan fingerprint density at radius 3 is 2.60 bits per heavy atom. The Hall–Kier alpha value is -1.79. The van der Waals surface area contributed by atoms with Crippen molar-refractivity contribution < 1.29 is 18.0 Å². The number of pyridine rings is 1. The predicted octanol–water partition coefficient (Wildman–Crippen LogP) is 2.89. The lowest BCUT2D eigenvalue weighted by molar-refractivity contribution is -0.132. The summed E-state index contributed by atoms with van der Waals surface area (Å²) in [5.41, 5.74) is 0.936. The van der Waals surface area contributed by atoms with E-state index in [1.165, 1.54) is 6.07 Å². The van der Waals surface area contributed by atoms with Gasteiger partial charge in [-0.1, -0.05) is 6.92 Å². The van der Waals surface area contributed by atoms with Crippen molar-refractivity contribution in [3.05, 3.63) is 23.4 Å². The zero-order valence-corrected chi connectivity index (χ0v) is 11.5. The highest BCUT2D eigenvalue weighted by Crippen LogP contribution is 2.18. The van der Waals surface area contributed by atoms with Gasteiger partial charge in [0.25, 0.3) is 5.91 Å². The van der Waals surface area contributed by atoms with Gasteiger partial charge in [-0.2, -0.15) is 13.2 Å². The predicted molar refractivity (Wildman–Crippen MR) is 70.8 cm³/mol. The van der Waals surface area contributed by atoms with Gasteiger partial charge in [-0.3, -0.25) is 4.79 Å². The molecule has 0 aliphatic heterocycles. The van der Waals surface area contributed by atoms with Crippen LogP contribution < -0.4 is 10.6 Å². The molecule has 0 spiro atoms. The summed E-state index contributed by atoms with van der Waals surface area (Å²) < 4.78 is 36.0. The van der Waals surface area contributed by atoms with Crippen LogP contribution in [0.25, 0.3) is 0 Å². The highest BCUT2D eigenvalue weighted by Gasteiger charge is 2.26. The third kappa shape index (κ3) is 5.90. The number of nitrogens with zero attached hydrogens (tertiary/aromatic N) is 1. The number of hydrogen-bond donors (Lipinski definition) is 2. The number of anilines is 1. The Kier molecular flexibility index (Phi) is 5.79. The molecule has 1 heterocycles. The first-order valence-corrected chi connectivity index (χ1v) is 6.39. The van der Waals surface area contributed by atoms with Crippen LogP contribution >= 0.6 is 0 Å². The molecule has 0 aliphatic carbocycles. The van der Waals surface area contributed by atoms with Gasteiger partial charge in [-0.05, 0) is 25.5 Å². The van der Waals surface area contributed by atoms with Crippen LogP contribution in [0.2, 0.25) is 0 Å². The third-order valence-corrected chi connectivity index (χ3v) is 2.47. The van der Waals surface area contributed by atoms with E-state index in [2.05, 4.69) is 15.6 Å². The first kappa shape index (κ1) is 16.3. The molecule has 0 atom stereocenters. The number of carbonyl (C=O) groups is 1. The lowest BCUT2D eigenvalue weighted by atomic mass is 10.2. The molecular weight excluding hydrogens is 271 g/mol. The molecule has 112 valence electrons. The van der Waals surface area contributed by atoms with E-state index in [4.69, 9.17) is 0 Å². The summed E-state index contributed by atoms with van der Waals surface area (Å²) in [6.07, 6.45) is -4.40. The molecule has 0 radical (unpaired) electrons. The molecule has 1 amide bonds. The Bertz CT molecular complexity index is 461. The minimum atomic E-state index is -4.27. The Balaban J connectivity index is 2.65. The van der Waals surface area contributed by atoms with Crippen molar-refractivity contribution in [3.8, 4) is 0 Å². The summed E-state index contributed by atoms with van der Waals surface area (Å²) in [6, 6.07) is 3.08. The Morgan fingerprint density at radius 1 is 1.30 bits per heavy atom. The highest BCUT2D eigenvalue weighted by atomic mass is 19.4. The number of alkyl halides is 3. The van der Waals surface area contributed by atoms with Crippen LogP contribution in [0.3, 0.4) is 0 Å². The van der Waals surface area contributed by atoms with Gasteiger partial charge in [0.05, 0.1) is 6.42 Å². The van der Waals surface area contributed by atoms with Crippen molar-refractivity contribution in [2.45, 2.75) is 32.9 Å². The van der Waals surface area contributed by atoms with Crippen molar-refractivity contribution in [2.75, 3.05) is 18.4 Å². The van der Waals surface area contributed by atoms with E-state index in [1.54, 1.807) is 13.0 Å². The number of nitrogens with one attached hydrogen (secondary N) is 2. The zero-order valence-electron chi connectivity index (χ0n) is 11.5. The van der Waals surface area contributed by atoms with Gasteiger partial charge < -0.3 is 10.6 Å². The van der Waals surface area contributed by atoms with E-state index in [9.17, 15) is 18.0 Å². The molecule has 4 nitrogen and oxygen atoms in total. The van der Waals surface area contributed by atoms with E-state index in [1.807, 2.05) is 6.92 Å². The molecule has 20 heavy (non-hydrogen) atoms. The number of halogens is 3. The standard InChI is InChI=1S/C13H18F3N3O/c1-3-5-17-11-8-10(7-9(2)19-11)12(20)18-6-4-13(14,15)16/h7-8H,3-6H2,1-2H3,(H,17,19)(H,18,20). The largest absolute Gasteiger partial charge is 0.390 e. The number of rotatable bonds is 6. The highest BCUT2D eigenvalue weighted by molar-refractivity contribution is 5.94. The van der Waals surface area contributed by atoms with Gasteiger partial charge in [0.2, 0.25) is 0 Å². The van der Waals surface area contributed by atoms with Gasteiger partial charge in [-0.25, -0.2) is 4.98 Å². The van der Waals surface area contributed by atoms with Crippen molar-refractivity contribution >= 4 is 11.7 Å². The summed E-state index contributed by atoms with van der Waals surface area (Å²) in [4.78, 5) is 16.0. The number of hydrogen-bond acceptors (Lipinski definition) is 3. The molecule has 1 aromatic rings. The lowest BCUT2D eigenvalue weighted by Gasteiger charge is -2.10. The second kappa shape index (κ2) is 7.12. The number of aromatic nitrogens is 1. The topological polar surface area (TPSA) is 54.0 Å². The fourth-order valence-electron chi connectivity index (χ4n) is 1.56. The maximum atomic E-state index is 12.0. The molecule has 0 unspecified atom stereocenters. The molecule has 0 saturated heterocycles. The van der Waals surface area contributed by atoms with Crippen LogP contribution in [-0.2, 0) is 0 Å². The molecule has 0 aliphatic rings. The van der Waals surface area contributed by atoms with E-state index in [0.29, 0.717) is 23.6 Å². The Morgan fingerprint density at radius 2 is 2.00 bits per heavy atom. The van der Waals surface area contributed by atoms with E-state index < -0.39 is 25.0 Å². The quantitative estimate of drug-likeness (QED) is 0.846. The van der Waals surface area contributed by atoms with Crippen LogP contribution in [0.1, 0.15) is 35.8 Å². The number of aryl methyl sites for hydroxylation is 1. The second-order valence-corrected chi connectivity index (χ2v) is 4.43. The lowest BCUT2D eigenvalue weighted by Crippen LogP contribution is -2.28. The molecule has 1 aromatic heterocycles. The van der Waals surface area contributed by atoms with Gasteiger partial charge in [0, 0.05) is 24.3 Å². The summed E-state index contributed by atoms with van der Waals surface area (Å²) in [7, 11) is 0. The normalized spacial score (nSPS) is 11.2. The summed E-state index contributed by atoms with van der Waals surface area (Å²) >= 11 is 0. The second-order valence-electron chi connectivity index (χ2n) is 4.43. The monoisotopic (exact) mass is 289 g/mol. The summed E-state index contributed by atoms with van der Waals surface area (Å²) in [5.74, 6) is 0.0205. The SMILES string of the molecule is CCCNc1cc(C(=O)NCCC(F)(F)F)cc(C)n1. The first-order valence-electron chi connectivity index (χ1n) is 6.39. The molecule has 0 fully saturated rings. The molecule has 1 rings (SSSR count). The average molecular weight is 289 g/mol. The smallest absolute Gasteiger partial charge is 0.370 e. The molecule has 0 aromatic carbocycles. The fourth-order valence-corrected chi connectivity index (χ4v) is 1.56. The summed E-state index contributed by atoms with van der Waals surface area (Å²) in [6.45, 7) is 4.00. The van der Waals surface area contributed by atoms with Gasteiger partial charge in [-0.15, -0.1) is 0 Å². The number of carbonyl (C=O) groups excluding carboxylic acids is 1. The van der Waals surface area contributed by atoms with Gasteiger partial charge in [0.1, 0.15) is 5.82 Å². The van der Waals surface area contributed by atoms with Gasteiger partial charge >= 0.3 is 6.18 Å². The number of amides is 1. The van der Waals surface area contributed by atoms with E-state index >= 15 is 0 Å². The summed E-state index contributed by atoms with van der Waals surface area (Å²) in [5, 5.41) is 5.29. The van der Waals surface area contributed by atoms with Crippen LogP contribution in [0.15, 0.2) is 12.1 Å². The van der Waals surface area contributed by atoms with Crippen LogP contribution in [-0.4, -0.2) is 30.2 Å². The molecule has 0 bridgehead atoms. The maximum absolute atomic E-state index is 12.0. The zero-order chi connectivity index (χ0) is 15.2. The Labute approximate surface area is 115 Å². The first-order chi connectivity index (χ1) is 9.31. The van der Waals surface area contributed by atoms with Crippen molar-refractivity contribution in [1.82, 2.24) is 10.3 Å². The van der Waals surface area contributed by atoms with Crippen LogP contribution in [0, 0.1) is 6.92 Å². The van der Waals surface area contributed by atoms with Crippen LogP contribution in [0.5, 0.6) is 0 Å². The minimum absolute atomic E-state index is 0.304. The average Bonchev–Trinajstić information content (AvgIpc) is 2.34. The molecular formula is C13H18F3N3O. The maximum Gasteiger partial charge on any atom is 0.390 e. The molecule has 7 heteroatoms. The fraction of sp³-hybridized carbons (Fsp3) is 0.538. The van der Waals surface area contributed by atoms with Gasteiger partial charge in [0.15, 0.2) is 0 Å². The van der Waals surface area contributed by atoms with Crippen molar-refractivity contribution in [1.29, 1.82) is 0 Å². The van der Waals surface area contributed by atoms with Crippen molar-refractivity contribution in [3.63, 3.8) is 0 Å². The van der Waals surface area contributed by atoms with E-state index in [0.717, 1.165) is 6.42 Å². The molecule has 0 saturated carbocycles. The third-order valence-electron chi connectivity index (χ3n) is 2.47. The molecule has 2 N–H and O–H groups in total. The van der Waals surface area contributed by atoms with Crippen molar-refractivity contribution in [2.24, 2.45) is 0 Å².